The number of rotatable bonds is 4. The van der Waals surface area contributed by atoms with Crippen molar-refractivity contribution in [3.05, 3.63) is 47.7 Å². The van der Waals surface area contributed by atoms with Gasteiger partial charge in [0.1, 0.15) is 12.8 Å². The molecule has 1 aromatic carbocycles. The first-order valence-electron chi connectivity index (χ1n) is 6.49. The highest BCUT2D eigenvalue weighted by molar-refractivity contribution is 5.96. The maximum Gasteiger partial charge on any atom is 0.416 e. The van der Waals surface area contributed by atoms with Gasteiger partial charge < -0.3 is 9.57 Å². The van der Waals surface area contributed by atoms with Crippen LogP contribution in [-0.4, -0.2) is 24.4 Å². The van der Waals surface area contributed by atoms with Crippen molar-refractivity contribution in [3.8, 4) is 11.3 Å². The lowest BCUT2D eigenvalue weighted by Gasteiger charge is -2.11. The Hall–Kier alpha value is -2.44. The van der Waals surface area contributed by atoms with Gasteiger partial charge in [0.2, 0.25) is 0 Å². The molecule has 0 atom stereocenters. The molecule has 118 valence electrons. The fourth-order valence-corrected chi connectivity index (χ4v) is 2.04. The van der Waals surface area contributed by atoms with Gasteiger partial charge in [-0.05, 0) is 25.1 Å². The molecule has 4 nitrogen and oxygen atoms in total. The molecule has 0 spiro atoms. The van der Waals surface area contributed by atoms with E-state index in [9.17, 15) is 18.0 Å². The molecule has 1 heterocycles. The number of aromatic nitrogens is 1. The number of carbonyl (C=O) groups is 1. The van der Waals surface area contributed by atoms with Gasteiger partial charge in [-0.3, -0.25) is 0 Å². The van der Waals surface area contributed by atoms with Gasteiger partial charge in [0, 0.05) is 11.8 Å². The van der Waals surface area contributed by atoms with Gasteiger partial charge in [0.15, 0.2) is 0 Å². The van der Waals surface area contributed by atoms with E-state index in [2.05, 4.69) is 0 Å². The standard InChI is InChI=1S/C15H14F3NO3/c1-3-22-14(20)12-8-9-19(21-2)13(12)10-4-6-11(7-5-10)15(16,17)18/h4-9H,3H2,1-2H3. The van der Waals surface area contributed by atoms with Crippen molar-refractivity contribution >= 4 is 5.97 Å². The Morgan fingerprint density at radius 3 is 2.32 bits per heavy atom. The summed E-state index contributed by atoms with van der Waals surface area (Å²) in [5.41, 5.74) is 0.227. The maximum absolute atomic E-state index is 12.6. The van der Waals surface area contributed by atoms with E-state index >= 15 is 0 Å². The van der Waals surface area contributed by atoms with Crippen molar-refractivity contribution in [2.75, 3.05) is 13.7 Å². The topological polar surface area (TPSA) is 40.5 Å². The van der Waals surface area contributed by atoms with Gasteiger partial charge in [-0.25, -0.2) is 4.79 Å². The van der Waals surface area contributed by atoms with Crippen LogP contribution in [-0.2, 0) is 10.9 Å². The van der Waals surface area contributed by atoms with Gasteiger partial charge in [-0.1, -0.05) is 12.1 Å². The molecule has 0 fully saturated rings. The third kappa shape index (κ3) is 3.08. The van der Waals surface area contributed by atoms with E-state index < -0.39 is 17.7 Å². The molecule has 0 aliphatic heterocycles. The molecule has 0 aliphatic rings. The third-order valence-corrected chi connectivity index (χ3v) is 3.03. The number of esters is 1. The molecule has 0 N–H and O–H groups in total. The molecule has 0 radical (unpaired) electrons. The van der Waals surface area contributed by atoms with Crippen molar-refractivity contribution in [1.29, 1.82) is 0 Å². The van der Waals surface area contributed by atoms with Crippen LogP contribution in [0.25, 0.3) is 11.3 Å². The minimum atomic E-state index is -4.41. The Balaban J connectivity index is 2.47. The second-order valence-electron chi connectivity index (χ2n) is 4.38. The summed E-state index contributed by atoms with van der Waals surface area (Å²) in [5.74, 6) is -0.562. The van der Waals surface area contributed by atoms with Crippen molar-refractivity contribution in [3.63, 3.8) is 0 Å². The Bertz CT molecular complexity index is 660. The van der Waals surface area contributed by atoms with E-state index in [4.69, 9.17) is 9.57 Å². The molecule has 0 bridgehead atoms. The number of carbonyl (C=O) groups excluding carboxylic acids is 1. The summed E-state index contributed by atoms with van der Waals surface area (Å²) in [6.07, 6.45) is -2.91. The van der Waals surface area contributed by atoms with Crippen LogP contribution in [0, 0.1) is 0 Å². The molecule has 7 heteroatoms. The van der Waals surface area contributed by atoms with Crippen LogP contribution in [0.1, 0.15) is 22.8 Å². The highest BCUT2D eigenvalue weighted by Crippen LogP contribution is 2.32. The molecule has 2 aromatic rings. The average Bonchev–Trinajstić information content (AvgIpc) is 2.90. The zero-order valence-electron chi connectivity index (χ0n) is 12.0. The number of ether oxygens (including phenoxy) is 1. The van der Waals surface area contributed by atoms with Crippen LogP contribution in [0.2, 0.25) is 0 Å². The minimum absolute atomic E-state index is 0.198. The molecule has 0 saturated carbocycles. The van der Waals surface area contributed by atoms with Gasteiger partial charge >= 0.3 is 12.1 Å². The van der Waals surface area contributed by atoms with Crippen molar-refractivity contribution < 1.29 is 27.5 Å². The van der Waals surface area contributed by atoms with E-state index in [0.717, 1.165) is 12.1 Å². The first-order chi connectivity index (χ1) is 10.4. The molecule has 0 aliphatic carbocycles. The van der Waals surface area contributed by atoms with Gasteiger partial charge in [0.05, 0.1) is 17.7 Å². The van der Waals surface area contributed by atoms with Gasteiger partial charge in [-0.15, -0.1) is 0 Å². The predicted octanol–water partition coefficient (Wildman–Crippen LogP) is 3.41. The summed E-state index contributed by atoms with van der Waals surface area (Å²) >= 11 is 0. The van der Waals surface area contributed by atoms with Crippen LogP contribution in [0.5, 0.6) is 0 Å². The monoisotopic (exact) mass is 313 g/mol. The first kappa shape index (κ1) is 15.9. The van der Waals surface area contributed by atoms with Crippen LogP contribution in [0.3, 0.4) is 0 Å². The number of alkyl halides is 3. The normalized spacial score (nSPS) is 11.3. The summed E-state index contributed by atoms with van der Waals surface area (Å²) in [6, 6.07) is 5.98. The molecular weight excluding hydrogens is 299 g/mol. The molecule has 1 aromatic heterocycles. The van der Waals surface area contributed by atoms with E-state index in [0.29, 0.717) is 11.3 Å². The van der Waals surface area contributed by atoms with E-state index in [1.165, 1.54) is 36.2 Å². The van der Waals surface area contributed by atoms with E-state index in [1.807, 2.05) is 0 Å². The zero-order chi connectivity index (χ0) is 16.3. The number of hydrogen-bond acceptors (Lipinski definition) is 3. The summed E-state index contributed by atoms with van der Waals surface area (Å²) in [7, 11) is 1.39. The first-order valence-corrected chi connectivity index (χ1v) is 6.49. The Kier molecular flexibility index (Phi) is 4.44. The lowest BCUT2D eigenvalue weighted by Crippen LogP contribution is -2.10. The van der Waals surface area contributed by atoms with Crippen LogP contribution >= 0.6 is 0 Å². The third-order valence-electron chi connectivity index (χ3n) is 3.03. The molecule has 2 rings (SSSR count). The van der Waals surface area contributed by atoms with E-state index in [-0.39, 0.29) is 12.2 Å². The molecule has 0 saturated heterocycles. The highest BCUT2D eigenvalue weighted by Gasteiger charge is 2.30. The Morgan fingerprint density at radius 2 is 1.82 bits per heavy atom. The van der Waals surface area contributed by atoms with Gasteiger partial charge in [-0.2, -0.15) is 17.9 Å². The molecule has 0 amide bonds. The Morgan fingerprint density at radius 1 is 1.18 bits per heavy atom. The van der Waals surface area contributed by atoms with Gasteiger partial charge in [0.25, 0.3) is 0 Å². The summed E-state index contributed by atoms with van der Waals surface area (Å²) in [5, 5.41) is 0. The highest BCUT2D eigenvalue weighted by atomic mass is 19.4. The zero-order valence-corrected chi connectivity index (χ0v) is 12.0. The van der Waals surface area contributed by atoms with E-state index in [1.54, 1.807) is 6.92 Å². The predicted molar refractivity (Wildman–Crippen MR) is 73.3 cm³/mol. The molecule has 22 heavy (non-hydrogen) atoms. The number of benzene rings is 1. The lowest BCUT2D eigenvalue weighted by molar-refractivity contribution is -0.137. The quantitative estimate of drug-likeness (QED) is 0.812. The Labute approximate surface area is 125 Å². The van der Waals surface area contributed by atoms with Crippen LogP contribution in [0.15, 0.2) is 36.5 Å². The second kappa shape index (κ2) is 6.13. The smallest absolute Gasteiger partial charge is 0.416 e. The SMILES string of the molecule is CCOC(=O)c1ccn(OC)c1-c1ccc(C(F)(F)F)cc1. The lowest BCUT2D eigenvalue weighted by atomic mass is 10.1. The molecular formula is C15H14F3NO3. The van der Waals surface area contributed by atoms with Crippen LogP contribution in [0.4, 0.5) is 13.2 Å². The number of hydrogen-bond donors (Lipinski definition) is 0. The fraction of sp³-hybridized carbons (Fsp3) is 0.267. The number of halogens is 3. The second-order valence-corrected chi connectivity index (χ2v) is 4.38. The fourth-order valence-electron chi connectivity index (χ4n) is 2.04. The average molecular weight is 313 g/mol. The minimum Gasteiger partial charge on any atom is -0.462 e. The summed E-state index contributed by atoms with van der Waals surface area (Å²) in [6.45, 7) is 1.87. The van der Waals surface area contributed by atoms with Crippen LogP contribution < -0.4 is 4.84 Å². The van der Waals surface area contributed by atoms with Crippen molar-refractivity contribution in [1.82, 2.24) is 4.73 Å². The van der Waals surface area contributed by atoms with Crippen molar-refractivity contribution in [2.24, 2.45) is 0 Å². The number of nitrogens with zero attached hydrogens (tertiary/aromatic N) is 1. The van der Waals surface area contributed by atoms with Crippen molar-refractivity contribution in [2.45, 2.75) is 13.1 Å². The summed E-state index contributed by atoms with van der Waals surface area (Å²) < 4.78 is 44.1. The molecule has 0 unspecified atom stereocenters. The largest absolute Gasteiger partial charge is 0.462 e. The summed E-state index contributed by atoms with van der Waals surface area (Å²) in [4.78, 5) is 17.0. The maximum atomic E-state index is 12.6.